The van der Waals surface area contributed by atoms with E-state index in [-0.39, 0.29) is 23.8 Å². The van der Waals surface area contributed by atoms with Gasteiger partial charge in [0.25, 0.3) is 0 Å². The Morgan fingerprint density at radius 2 is 1.92 bits per heavy atom. The van der Waals surface area contributed by atoms with Crippen LogP contribution in [0.3, 0.4) is 0 Å². The first-order valence-electron chi connectivity index (χ1n) is 9.66. The number of anilines is 1. The molecule has 6 heteroatoms. The minimum absolute atomic E-state index is 0.101. The lowest BCUT2D eigenvalue weighted by Gasteiger charge is -2.36. The monoisotopic (exact) mass is 344 g/mol. The van der Waals surface area contributed by atoms with Gasteiger partial charge in [-0.25, -0.2) is 0 Å². The van der Waals surface area contributed by atoms with Crippen molar-refractivity contribution in [1.82, 2.24) is 14.7 Å². The second-order valence-electron chi connectivity index (χ2n) is 8.26. The number of nitrogens with zero attached hydrogens (tertiary/aromatic N) is 3. The third kappa shape index (κ3) is 3.58. The van der Waals surface area contributed by atoms with Gasteiger partial charge in [-0.3, -0.25) is 14.3 Å². The smallest absolute Gasteiger partial charge is 0.227 e. The molecule has 1 aliphatic heterocycles. The van der Waals surface area contributed by atoms with Crippen molar-refractivity contribution >= 4 is 17.5 Å². The average molecular weight is 344 g/mol. The summed E-state index contributed by atoms with van der Waals surface area (Å²) in [6, 6.07) is 0.223. The quantitative estimate of drug-likeness (QED) is 0.892. The predicted molar refractivity (Wildman–Crippen MR) is 94.8 cm³/mol. The van der Waals surface area contributed by atoms with Gasteiger partial charge in [0.1, 0.15) is 0 Å². The zero-order valence-corrected chi connectivity index (χ0v) is 15.1. The van der Waals surface area contributed by atoms with Crippen molar-refractivity contribution in [3.05, 3.63) is 12.4 Å². The van der Waals surface area contributed by atoms with Crippen LogP contribution in [0.4, 0.5) is 5.69 Å². The maximum atomic E-state index is 12.7. The molecule has 1 saturated heterocycles. The summed E-state index contributed by atoms with van der Waals surface area (Å²) in [6.07, 6.45) is 8.93. The minimum Gasteiger partial charge on any atom is -0.338 e. The summed E-state index contributed by atoms with van der Waals surface area (Å²) in [7, 11) is 0. The van der Waals surface area contributed by atoms with E-state index in [1.54, 1.807) is 6.20 Å². The zero-order chi connectivity index (χ0) is 17.6. The van der Waals surface area contributed by atoms with Crippen molar-refractivity contribution in [2.45, 2.75) is 58.5 Å². The van der Waals surface area contributed by atoms with Crippen molar-refractivity contribution < 1.29 is 9.59 Å². The molecule has 5 atom stereocenters. The van der Waals surface area contributed by atoms with Gasteiger partial charge in [-0.2, -0.15) is 5.10 Å². The largest absolute Gasteiger partial charge is 0.338 e. The third-order valence-electron chi connectivity index (χ3n) is 6.08. The highest BCUT2D eigenvalue weighted by atomic mass is 16.2. The summed E-state index contributed by atoms with van der Waals surface area (Å²) in [5, 5.41) is 7.35. The molecule has 0 radical (unpaired) electrons. The highest BCUT2D eigenvalue weighted by molar-refractivity contribution is 5.94. The molecule has 0 bridgehead atoms. The van der Waals surface area contributed by atoms with E-state index in [0.29, 0.717) is 24.3 Å². The normalized spacial score (nSPS) is 33.8. The third-order valence-corrected chi connectivity index (χ3v) is 6.08. The molecule has 6 nitrogen and oxygen atoms in total. The lowest BCUT2D eigenvalue weighted by molar-refractivity contribution is -0.137. The van der Waals surface area contributed by atoms with E-state index in [1.807, 2.05) is 10.9 Å². The van der Waals surface area contributed by atoms with E-state index in [2.05, 4.69) is 29.2 Å². The number of rotatable bonds is 5. The molecule has 4 rings (SSSR count). The number of hydrogen-bond acceptors (Lipinski definition) is 3. The van der Waals surface area contributed by atoms with Crippen LogP contribution in [0.2, 0.25) is 0 Å². The number of carbonyl (C=O) groups excluding carboxylic acids is 2. The number of nitrogens with one attached hydrogen (secondary N) is 1. The number of hydrogen-bond donors (Lipinski definition) is 1. The van der Waals surface area contributed by atoms with Gasteiger partial charge in [-0.05, 0) is 43.9 Å². The van der Waals surface area contributed by atoms with Crippen LogP contribution >= 0.6 is 0 Å². The second kappa shape index (κ2) is 6.46. The Hall–Kier alpha value is -1.85. The van der Waals surface area contributed by atoms with Crippen molar-refractivity contribution in [3.63, 3.8) is 0 Å². The molecule has 2 heterocycles. The molecule has 2 amide bonds. The molecule has 2 saturated carbocycles. The topological polar surface area (TPSA) is 67.2 Å². The molecular formula is C19H28N4O2. The van der Waals surface area contributed by atoms with Gasteiger partial charge < -0.3 is 10.2 Å². The first-order chi connectivity index (χ1) is 12.0. The fraction of sp³-hybridized carbons (Fsp3) is 0.737. The molecular weight excluding hydrogens is 316 g/mol. The van der Waals surface area contributed by atoms with Crippen molar-refractivity contribution in [3.8, 4) is 0 Å². The van der Waals surface area contributed by atoms with Gasteiger partial charge in [-0.15, -0.1) is 0 Å². The van der Waals surface area contributed by atoms with E-state index >= 15 is 0 Å². The number of amides is 2. The summed E-state index contributed by atoms with van der Waals surface area (Å²) >= 11 is 0. The fourth-order valence-corrected chi connectivity index (χ4v) is 4.03. The summed E-state index contributed by atoms with van der Waals surface area (Å²) < 4.78 is 1.87. The lowest BCUT2D eigenvalue weighted by atomic mass is 10.0. The Labute approximate surface area is 148 Å². The molecule has 0 unspecified atom stereocenters. The fourth-order valence-electron chi connectivity index (χ4n) is 4.03. The summed E-state index contributed by atoms with van der Waals surface area (Å²) in [6.45, 7) is 5.84. The summed E-state index contributed by atoms with van der Waals surface area (Å²) in [4.78, 5) is 26.8. The Balaban J connectivity index is 1.37. The van der Waals surface area contributed by atoms with Gasteiger partial charge in [0.15, 0.2) is 0 Å². The van der Waals surface area contributed by atoms with E-state index in [9.17, 15) is 9.59 Å². The molecule has 1 aromatic rings. The Morgan fingerprint density at radius 3 is 2.60 bits per heavy atom. The van der Waals surface area contributed by atoms with E-state index in [0.717, 1.165) is 37.9 Å². The maximum Gasteiger partial charge on any atom is 0.227 e. The van der Waals surface area contributed by atoms with Gasteiger partial charge in [-0.1, -0.05) is 13.8 Å². The Bertz CT molecular complexity index is 670. The van der Waals surface area contributed by atoms with Crippen LogP contribution in [0, 0.1) is 23.7 Å². The van der Waals surface area contributed by atoms with Crippen molar-refractivity contribution in [1.29, 1.82) is 0 Å². The van der Waals surface area contributed by atoms with E-state index < -0.39 is 0 Å². The number of aromatic nitrogens is 2. The van der Waals surface area contributed by atoms with Crippen LogP contribution in [0.1, 0.15) is 46.0 Å². The van der Waals surface area contributed by atoms with Crippen LogP contribution in [-0.4, -0.2) is 39.1 Å². The molecule has 0 spiro atoms. The maximum absolute atomic E-state index is 12.7. The highest BCUT2D eigenvalue weighted by Crippen LogP contribution is 2.40. The number of carbonyl (C=O) groups is 2. The first-order valence-corrected chi connectivity index (χ1v) is 9.66. The number of likely N-dealkylation sites (tertiary alicyclic amines) is 1. The lowest BCUT2D eigenvalue weighted by Crippen LogP contribution is -2.46. The molecule has 136 valence electrons. The van der Waals surface area contributed by atoms with Crippen LogP contribution in [-0.2, 0) is 16.1 Å². The zero-order valence-electron chi connectivity index (χ0n) is 15.1. The minimum atomic E-state index is 0.101. The molecule has 3 fully saturated rings. The van der Waals surface area contributed by atoms with Gasteiger partial charge in [0.2, 0.25) is 11.8 Å². The van der Waals surface area contributed by atoms with Gasteiger partial charge in [0, 0.05) is 24.6 Å². The predicted octanol–water partition coefficient (Wildman–Crippen LogP) is 2.51. The van der Waals surface area contributed by atoms with E-state index in [4.69, 9.17) is 0 Å². The molecule has 0 aromatic carbocycles. The van der Waals surface area contributed by atoms with Crippen LogP contribution in [0.15, 0.2) is 12.4 Å². The number of piperidine rings is 1. The summed E-state index contributed by atoms with van der Waals surface area (Å²) in [5.41, 5.74) is 0.758. The molecule has 3 aliphatic rings. The summed E-state index contributed by atoms with van der Waals surface area (Å²) in [5.74, 6) is 1.89. The molecule has 2 aliphatic carbocycles. The molecule has 1 N–H and O–H groups in total. The highest BCUT2D eigenvalue weighted by Gasteiger charge is 2.43. The molecule has 25 heavy (non-hydrogen) atoms. The average Bonchev–Trinajstić information content (AvgIpc) is 3.46. The second-order valence-corrected chi connectivity index (χ2v) is 8.26. The van der Waals surface area contributed by atoms with Crippen molar-refractivity contribution in [2.75, 3.05) is 11.9 Å². The first kappa shape index (κ1) is 16.6. The van der Waals surface area contributed by atoms with Crippen molar-refractivity contribution in [2.24, 2.45) is 23.7 Å². The van der Waals surface area contributed by atoms with Crippen LogP contribution in [0.5, 0.6) is 0 Å². The van der Waals surface area contributed by atoms with Crippen LogP contribution < -0.4 is 5.32 Å². The molecule has 1 aromatic heterocycles. The van der Waals surface area contributed by atoms with Gasteiger partial charge >= 0.3 is 0 Å². The van der Waals surface area contributed by atoms with E-state index in [1.165, 1.54) is 6.42 Å². The Kier molecular flexibility index (Phi) is 4.29. The Morgan fingerprint density at radius 1 is 1.20 bits per heavy atom. The van der Waals surface area contributed by atoms with Crippen LogP contribution in [0.25, 0.3) is 0 Å². The SMILES string of the molecule is C[C@@H]1C[C@@H]1C(=O)Nc1cnn(C[C@@H]2CCCCN2C(=O)[C@@H]2C[C@H]2C)c1. The standard InChI is InChI=1S/C19H28N4O2/c1-12-7-16(12)18(24)21-14-9-20-22(10-14)11-15-5-3-4-6-23(15)19(25)17-8-13(17)2/h9-10,12-13,15-17H,3-8,11H2,1-2H3,(H,21,24)/t12-,13-,15+,16+,17-/m1/s1. The van der Waals surface area contributed by atoms with Gasteiger partial charge in [0.05, 0.1) is 24.5 Å².